The van der Waals surface area contributed by atoms with E-state index >= 15 is 0 Å². The Balaban J connectivity index is 1.20. The predicted molar refractivity (Wildman–Crippen MR) is 143 cm³/mol. The molecule has 0 radical (unpaired) electrons. The average Bonchev–Trinajstić information content (AvgIpc) is 3.50. The second kappa shape index (κ2) is 11.8. The Hall–Kier alpha value is -4.73. The third-order valence-electron chi connectivity index (χ3n) is 6.62. The third kappa shape index (κ3) is 6.23. The van der Waals surface area contributed by atoms with Crippen LogP contribution in [0.4, 0.5) is 10.2 Å². The Kier molecular flexibility index (Phi) is 7.81. The minimum Gasteiger partial charge on any atom is -0.497 e. The first-order valence-corrected chi connectivity index (χ1v) is 12.6. The summed E-state index contributed by atoms with van der Waals surface area (Å²) in [7, 11) is 1.56. The molecular formula is C29H28FN5O4. The van der Waals surface area contributed by atoms with Gasteiger partial charge >= 0.3 is 0 Å². The molecule has 0 unspecified atom stereocenters. The largest absolute Gasteiger partial charge is 0.497 e. The lowest BCUT2D eigenvalue weighted by molar-refractivity contribution is -0.132. The molecule has 2 aromatic carbocycles. The van der Waals surface area contributed by atoms with E-state index in [0.717, 1.165) is 5.56 Å². The molecule has 200 valence electrons. The number of furan rings is 1. The van der Waals surface area contributed by atoms with Crippen molar-refractivity contribution in [2.24, 2.45) is 0 Å². The van der Waals surface area contributed by atoms with Crippen molar-refractivity contribution in [3.05, 3.63) is 96.2 Å². The Bertz CT molecular complexity index is 1390. The molecule has 0 aliphatic carbocycles. The zero-order chi connectivity index (χ0) is 27.2. The molecule has 4 aromatic rings. The monoisotopic (exact) mass is 529 g/mol. The van der Waals surface area contributed by atoms with Crippen molar-refractivity contribution < 1.29 is 23.1 Å². The van der Waals surface area contributed by atoms with Gasteiger partial charge in [0.05, 0.1) is 25.6 Å². The normalized spacial score (nSPS) is 13.3. The van der Waals surface area contributed by atoms with Crippen LogP contribution in [-0.2, 0) is 11.3 Å². The minimum atomic E-state index is -0.301. The van der Waals surface area contributed by atoms with Crippen molar-refractivity contribution >= 4 is 17.6 Å². The van der Waals surface area contributed by atoms with E-state index < -0.39 is 0 Å². The number of carbonyl (C=O) groups is 2. The van der Waals surface area contributed by atoms with Gasteiger partial charge in [-0.3, -0.25) is 9.59 Å². The molecule has 9 nitrogen and oxygen atoms in total. The third-order valence-corrected chi connectivity index (χ3v) is 6.62. The first kappa shape index (κ1) is 25.9. The summed E-state index contributed by atoms with van der Waals surface area (Å²) in [5, 5.41) is 8.62. The van der Waals surface area contributed by atoms with E-state index in [1.54, 1.807) is 66.8 Å². The number of rotatable bonds is 8. The van der Waals surface area contributed by atoms with Gasteiger partial charge in [0.15, 0.2) is 5.82 Å². The van der Waals surface area contributed by atoms with Crippen LogP contribution in [0.1, 0.15) is 16.1 Å². The van der Waals surface area contributed by atoms with Crippen LogP contribution in [0.25, 0.3) is 11.3 Å². The maximum atomic E-state index is 13.3. The standard InChI is InChI=1S/C29H28FN5O4/c1-38-24-10-6-22(7-11-24)29(37)35(19-25-3-2-18-39-25)20-28(36)34-16-14-33(15-17-34)27-13-12-26(31-32-27)21-4-8-23(30)9-5-21/h2-13,18H,14-17,19-20H2,1H3. The molecule has 2 aromatic heterocycles. The van der Waals surface area contributed by atoms with E-state index in [2.05, 4.69) is 15.1 Å². The van der Waals surface area contributed by atoms with E-state index in [-0.39, 0.29) is 30.7 Å². The molecule has 0 bridgehead atoms. The van der Waals surface area contributed by atoms with Gasteiger partial charge in [-0.2, -0.15) is 0 Å². The lowest BCUT2D eigenvalue weighted by Crippen LogP contribution is -2.52. The lowest BCUT2D eigenvalue weighted by atomic mass is 10.1. The number of ether oxygens (including phenoxy) is 1. The number of piperazine rings is 1. The van der Waals surface area contributed by atoms with Crippen molar-refractivity contribution in [2.45, 2.75) is 6.54 Å². The lowest BCUT2D eigenvalue weighted by Gasteiger charge is -2.36. The molecule has 39 heavy (non-hydrogen) atoms. The number of halogens is 1. The van der Waals surface area contributed by atoms with Crippen molar-refractivity contribution in [2.75, 3.05) is 44.7 Å². The summed E-state index contributed by atoms with van der Waals surface area (Å²) in [6.45, 7) is 2.26. The van der Waals surface area contributed by atoms with Gasteiger partial charge in [0.25, 0.3) is 5.91 Å². The SMILES string of the molecule is COc1ccc(C(=O)N(CC(=O)N2CCN(c3ccc(-c4ccc(F)cc4)nn3)CC2)Cc2ccco2)cc1. The number of anilines is 1. The summed E-state index contributed by atoms with van der Waals surface area (Å²) in [4.78, 5) is 31.9. The van der Waals surface area contributed by atoms with E-state index in [1.807, 2.05) is 12.1 Å². The summed E-state index contributed by atoms with van der Waals surface area (Å²) in [6, 6.07) is 20.2. The van der Waals surface area contributed by atoms with Crippen molar-refractivity contribution in [3.63, 3.8) is 0 Å². The predicted octanol–water partition coefficient (Wildman–Crippen LogP) is 3.88. The maximum Gasteiger partial charge on any atom is 0.254 e. The van der Waals surface area contributed by atoms with Crippen LogP contribution in [0.3, 0.4) is 0 Å². The number of methoxy groups -OCH3 is 1. The molecule has 0 spiro atoms. The molecule has 2 amide bonds. The Morgan fingerprint density at radius 2 is 1.69 bits per heavy atom. The molecule has 1 saturated heterocycles. The molecule has 5 rings (SSSR count). The zero-order valence-electron chi connectivity index (χ0n) is 21.5. The maximum absolute atomic E-state index is 13.3. The fraction of sp³-hybridized carbons (Fsp3) is 0.241. The molecule has 0 N–H and O–H groups in total. The van der Waals surface area contributed by atoms with Crippen molar-refractivity contribution in [3.8, 4) is 17.0 Å². The number of hydrogen-bond acceptors (Lipinski definition) is 7. The second-order valence-corrected chi connectivity index (χ2v) is 9.12. The van der Waals surface area contributed by atoms with Gasteiger partial charge in [-0.25, -0.2) is 4.39 Å². The van der Waals surface area contributed by atoms with Gasteiger partial charge in [0.1, 0.15) is 23.9 Å². The smallest absolute Gasteiger partial charge is 0.254 e. The molecular weight excluding hydrogens is 501 g/mol. The second-order valence-electron chi connectivity index (χ2n) is 9.12. The molecule has 1 aliphatic rings. The molecule has 10 heteroatoms. The van der Waals surface area contributed by atoms with Gasteiger partial charge < -0.3 is 23.9 Å². The van der Waals surface area contributed by atoms with Crippen LogP contribution in [0.15, 0.2) is 83.5 Å². The van der Waals surface area contributed by atoms with Crippen LogP contribution in [0.5, 0.6) is 5.75 Å². The Morgan fingerprint density at radius 3 is 2.31 bits per heavy atom. The highest BCUT2D eigenvalue weighted by Crippen LogP contribution is 2.20. The number of carbonyl (C=O) groups excluding carboxylic acids is 2. The highest BCUT2D eigenvalue weighted by atomic mass is 19.1. The van der Waals surface area contributed by atoms with Gasteiger partial charge in [-0.1, -0.05) is 0 Å². The van der Waals surface area contributed by atoms with Crippen LogP contribution in [0.2, 0.25) is 0 Å². The molecule has 1 fully saturated rings. The summed E-state index contributed by atoms with van der Waals surface area (Å²) < 4.78 is 23.8. The van der Waals surface area contributed by atoms with Gasteiger partial charge in [0, 0.05) is 37.3 Å². The zero-order valence-corrected chi connectivity index (χ0v) is 21.5. The Morgan fingerprint density at radius 1 is 0.949 bits per heavy atom. The number of aromatic nitrogens is 2. The van der Waals surface area contributed by atoms with Crippen LogP contribution in [0, 0.1) is 5.82 Å². The summed E-state index contributed by atoms with van der Waals surface area (Å²) >= 11 is 0. The molecule has 0 atom stereocenters. The highest BCUT2D eigenvalue weighted by Gasteiger charge is 2.26. The van der Waals surface area contributed by atoms with Gasteiger partial charge in [0.2, 0.25) is 5.91 Å². The Labute approximate surface area is 225 Å². The van der Waals surface area contributed by atoms with Crippen LogP contribution in [-0.4, -0.2) is 71.6 Å². The summed E-state index contributed by atoms with van der Waals surface area (Å²) in [5.74, 6) is 1.25. The number of benzene rings is 2. The van der Waals surface area contributed by atoms with E-state index in [9.17, 15) is 14.0 Å². The fourth-order valence-electron chi connectivity index (χ4n) is 4.42. The van der Waals surface area contributed by atoms with Gasteiger partial charge in [-0.15, -0.1) is 10.2 Å². The average molecular weight is 530 g/mol. The first-order valence-electron chi connectivity index (χ1n) is 12.6. The molecule has 1 aliphatic heterocycles. The van der Waals surface area contributed by atoms with Crippen molar-refractivity contribution in [1.29, 1.82) is 0 Å². The fourth-order valence-corrected chi connectivity index (χ4v) is 4.42. The number of hydrogen-bond donors (Lipinski definition) is 0. The number of nitrogens with zero attached hydrogens (tertiary/aromatic N) is 5. The first-order chi connectivity index (χ1) is 19.0. The van der Waals surface area contributed by atoms with E-state index in [4.69, 9.17) is 9.15 Å². The minimum absolute atomic E-state index is 0.0717. The van der Waals surface area contributed by atoms with Crippen LogP contribution < -0.4 is 9.64 Å². The van der Waals surface area contributed by atoms with E-state index in [0.29, 0.717) is 54.8 Å². The quantitative estimate of drug-likeness (QED) is 0.342. The van der Waals surface area contributed by atoms with Gasteiger partial charge in [-0.05, 0) is 72.8 Å². The molecule has 0 saturated carbocycles. The summed E-state index contributed by atoms with van der Waals surface area (Å²) in [6.07, 6.45) is 1.54. The summed E-state index contributed by atoms with van der Waals surface area (Å²) in [5.41, 5.74) is 1.91. The molecule has 3 heterocycles. The number of amides is 2. The van der Waals surface area contributed by atoms with Crippen molar-refractivity contribution in [1.82, 2.24) is 20.0 Å². The van der Waals surface area contributed by atoms with E-state index in [1.165, 1.54) is 17.0 Å². The van der Waals surface area contributed by atoms with Crippen LogP contribution >= 0.6 is 0 Å². The highest BCUT2D eigenvalue weighted by molar-refractivity contribution is 5.96. The topological polar surface area (TPSA) is 92.0 Å².